The van der Waals surface area contributed by atoms with Crippen molar-refractivity contribution in [2.45, 2.75) is 25.8 Å². The first-order valence-electron chi connectivity index (χ1n) is 7.23. The average molecular weight is 268 g/mol. The van der Waals surface area contributed by atoms with E-state index in [9.17, 15) is 0 Å². The number of nitrogens with one attached hydrogen (secondary N) is 1. The third-order valence-electron chi connectivity index (χ3n) is 3.85. The number of pyridine rings is 1. The Balaban J connectivity index is 1.59. The van der Waals surface area contributed by atoms with Crippen LogP contribution >= 0.6 is 0 Å². The molecule has 3 rings (SSSR count). The summed E-state index contributed by atoms with van der Waals surface area (Å²) in [7, 11) is 0. The van der Waals surface area contributed by atoms with Crippen LogP contribution < -0.4 is 10.1 Å². The van der Waals surface area contributed by atoms with Crippen LogP contribution in [0.15, 0.2) is 42.6 Å². The van der Waals surface area contributed by atoms with Crippen molar-refractivity contribution in [3.8, 4) is 5.75 Å². The zero-order valence-electron chi connectivity index (χ0n) is 11.8. The van der Waals surface area contributed by atoms with Gasteiger partial charge < -0.3 is 10.1 Å². The zero-order chi connectivity index (χ0) is 13.8. The molecule has 0 bridgehead atoms. The van der Waals surface area contributed by atoms with Gasteiger partial charge in [0.05, 0.1) is 12.3 Å². The van der Waals surface area contributed by atoms with Crippen molar-refractivity contribution < 1.29 is 4.74 Å². The molecule has 1 N–H and O–H groups in total. The summed E-state index contributed by atoms with van der Waals surface area (Å²) in [6.07, 6.45) is 2.89. The van der Waals surface area contributed by atoms with E-state index in [4.69, 9.17) is 4.74 Å². The largest absolute Gasteiger partial charge is 0.493 e. The summed E-state index contributed by atoms with van der Waals surface area (Å²) in [4.78, 5) is 4.46. The van der Waals surface area contributed by atoms with Gasteiger partial charge in [-0.1, -0.05) is 31.2 Å². The van der Waals surface area contributed by atoms with Crippen LogP contribution in [0.3, 0.4) is 0 Å². The molecule has 2 heterocycles. The van der Waals surface area contributed by atoms with Crippen molar-refractivity contribution in [1.29, 1.82) is 0 Å². The Morgan fingerprint density at radius 2 is 2.15 bits per heavy atom. The van der Waals surface area contributed by atoms with E-state index in [0.29, 0.717) is 5.92 Å². The molecule has 3 nitrogen and oxygen atoms in total. The maximum absolute atomic E-state index is 5.70. The van der Waals surface area contributed by atoms with Crippen LogP contribution in [0.5, 0.6) is 5.75 Å². The van der Waals surface area contributed by atoms with Crippen LogP contribution in [0.2, 0.25) is 0 Å². The SMILES string of the molecule is CCc1cccnc1CNCC1COc2ccccc21. The second-order valence-corrected chi connectivity index (χ2v) is 5.14. The second-order valence-electron chi connectivity index (χ2n) is 5.14. The van der Waals surface area contributed by atoms with Crippen molar-refractivity contribution in [2.24, 2.45) is 0 Å². The van der Waals surface area contributed by atoms with Crippen LogP contribution in [0.25, 0.3) is 0 Å². The van der Waals surface area contributed by atoms with E-state index in [2.05, 4.69) is 35.4 Å². The summed E-state index contributed by atoms with van der Waals surface area (Å²) >= 11 is 0. The Labute approximate surface area is 120 Å². The Kier molecular flexibility index (Phi) is 3.97. The predicted molar refractivity (Wildman–Crippen MR) is 80.0 cm³/mol. The molecule has 0 amide bonds. The number of hydrogen-bond donors (Lipinski definition) is 1. The van der Waals surface area contributed by atoms with Gasteiger partial charge in [0.2, 0.25) is 0 Å². The molecule has 3 heteroatoms. The maximum atomic E-state index is 5.70. The molecule has 1 aliphatic rings. The molecule has 0 radical (unpaired) electrons. The highest BCUT2D eigenvalue weighted by molar-refractivity contribution is 5.39. The summed E-state index contributed by atoms with van der Waals surface area (Å²) in [5, 5.41) is 3.52. The number of para-hydroxylation sites is 1. The highest BCUT2D eigenvalue weighted by Crippen LogP contribution is 2.32. The lowest BCUT2D eigenvalue weighted by Crippen LogP contribution is -2.23. The number of rotatable bonds is 5. The molecule has 1 unspecified atom stereocenters. The van der Waals surface area contributed by atoms with Gasteiger partial charge in [-0.25, -0.2) is 0 Å². The summed E-state index contributed by atoms with van der Waals surface area (Å²) in [6, 6.07) is 12.5. The number of aryl methyl sites for hydroxylation is 1. The normalized spacial score (nSPS) is 16.8. The number of aromatic nitrogens is 1. The third kappa shape index (κ3) is 2.68. The van der Waals surface area contributed by atoms with Gasteiger partial charge in [0, 0.05) is 30.8 Å². The van der Waals surface area contributed by atoms with Crippen LogP contribution in [0.4, 0.5) is 0 Å². The summed E-state index contributed by atoms with van der Waals surface area (Å²) in [5.41, 5.74) is 3.79. The Hall–Kier alpha value is -1.87. The molecule has 1 aromatic carbocycles. The molecule has 0 saturated heterocycles. The summed E-state index contributed by atoms with van der Waals surface area (Å²) in [5.74, 6) is 1.48. The fourth-order valence-corrected chi connectivity index (χ4v) is 2.72. The first-order valence-corrected chi connectivity index (χ1v) is 7.23. The number of nitrogens with zero attached hydrogens (tertiary/aromatic N) is 1. The maximum Gasteiger partial charge on any atom is 0.122 e. The molecule has 0 aliphatic carbocycles. The topological polar surface area (TPSA) is 34.2 Å². The number of fused-ring (bicyclic) bond motifs is 1. The van der Waals surface area contributed by atoms with Gasteiger partial charge in [-0.3, -0.25) is 4.98 Å². The van der Waals surface area contributed by atoms with Crippen LogP contribution in [0.1, 0.15) is 29.7 Å². The second kappa shape index (κ2) is 6.06. The Morgan fingerprint density at radius 1 is 1.25 bits per heavy atom. The van der Waals surface area contributed by atoms with E-state index in [-0.39, 0.29) is 0 Å². The molecule has 0 fully saturated rings. The van der Waals surface area contributed by atoms with Gasteiger partial charge in [0.25, 0.3) is 0 Å². The molecule has 1 aromatic heterocycles. The monoisotopic (exact) mass is 268 g/mol. The standard InChI is InChI=1S/C17H20N2O/c1-2-13-6-5-9-19-16(13)11-18-10-14-12-20-17-8-4-3-7-15(14)17/h3-9,14,18H,2,10-12H2,1H3. The Morgan fingerprint density at radius 3 is 3.05 bits per heavy atom. The molecule has 20 heavy (non-hydrogen) atoms. The van der Waals surface area contributed by atoms with Crippen molar-refractivity contribution in [2.75, 3.05) is 13.2 Å². The van der Waals surface area contributed by atoms with Crippen molar-refractivity contribution in [3.63, 3.8) is 0 Å². The van der Waals surface area contributed by atoms with E-state index in [1.165, 1.54) is 11.1 Å². The zero-order valence-corrected chi connectivity index (χ0v) is 11.8. The van der Waals surface area contributed by atoms with Crippen molar-refractivity contribution in [1.82, 2.24) is 10.3 Å². The van der Waals surface area contributed by atoms with Crippen LogP contribution in [-0.2, 0) is 13.0 Å². The molecule has 0 saturated carbocycles. The average Bonchev–Trinajstić information content (AvgIpc) is 2.91. The molecule has 104 valence electrons. The quantitative estimate of drug-likeness (QED) is 0.905. The minimum atomic E-state index is 0.444. The summed E-state index contributed by atoms with van der Waals surface area (Å²) in [6.45, 7) is 4.69. The van der Waals surface area contributed by atoms with Gasteiger partial charge in [0.1, 0.15) is 5.75 Å². The molecule has 1 atom stereocenters. The summed E-state index contributed by atoms with van der Waals surface area (Å²) < 4.78 is 5.70. The predicted octanol–water partition coefficient (Wildman–Crippen LogP) is 2.91. The van der Waals surface area contributed by atoms with E-state index < -0.39 is 0 Å². The fourth-order valence-electron chi connectivity index (χ4n) is 2.72. The smallest absolute Gasteiger partial charge is 0.122 e. The number of hydrogen-bond acceptors (Lipinski definition) is 3. The molecular weight excluding hydrogens is 248 g/mol. The van der Waals surface area contributed by atoms with Gasteiger partial charge >= 0.3 is 0 Å². The molecular formula is C17H20N2O. The minimum Gasteiger partial charge on any atom is -0.493 e. The van der Waals surface area contributed by atoms with Crippen molar-refractivity contribution in [3.05, 3.63) is 59.4 Å². The van der Waals surface area contributed by atoms with E-state index in [0.717, 1.165) is 37.6 Å². The first kappa shape index (κ1) is 13.1. The van der Waals surface area contributed by atoms with Crippen LogP contribution in [0, 0.1) is 0 Å². The number of ether oxygens (including phenoxy) is 1. The van der Waals surface area contributed by atoms with E-state index >= 15 is 0 Å². The number of benzene rings is 1. The highest BCUT2D eigenvalue weighted by atomic mass is 16.5. The first-order chi connectivity index (χ1) is 9.88. The van der Waals surface area contributed by atoms with Gasteiger partial charge in [-0.2, -0.15) is 0 Å². The van der Waals surface area contributed by atoms with Gasteiger partial charge in [0.15, 0.2) is 0 Å². The highest BCUT2D eigenvalue weighted by Gasteiger charge is 2.22. The van der Waals surface area contributed by atoms with Gasteiger partial charge in [-0.15, -0.1) is 0 Å². The lowest BCUT2D eigenvalue weighted by Gasteiger charge is -2.12. The minimum absolute atomic E-state index is 0.444. The van der Waals surface area contributed by atoms with E-state index in [1.807, 2.05) is 24.4 Å². The fraction of sp³-hybridized carbons (Fsp3) is 0.353. The van der Waals surface area contributed by atoms with Gasteiger partial charge in [-0.05, 0) is 24.1 Å². The lowest BCUT2D eigenvalue weighted by molar-refractivity contribution is 0.326. The third-order valence-corrected chi connectivity index (χ3v) is 3.85. The van der Waals surface area contributed by atoms with E-state index in [1.54, 1.807) is 0 Å². The molecule has 1 aliphatic heterocycles. The Bertz CT molecular complexity index is 583. The molecule has 0 spiro atoms. The van der Waals surface area contributed by atoms with Crippen LogP contribution in [-0.4, -0.2) is 18.1 Å². The van der Waals surface area contributed by atoms with Crippen molar-refractivity contribution >= 4 is 0 Å². The molecule has 2 aromatic rings. The lowest BCUT2D eigenvalue weighted by atomic mass is 10.0.